The summed E-state index contributed by atoms with van der Waals surface area (Å²) in [6.45, 7) is 2.31. The van der Waals surface area contributed by atoms with E-state index in [1.54, 1.807) is 0 Å². The second-order valence-electron chi connectivity index (χ2n) is 3.89. The Morgan fingerprint density at radius 3 is 2.40 bits per heavy atom. The average Bonchev–Trinajstić information content (AvgIpc) is 2.35. The number of esters is 2. The normalized spacial score (nSPS) is 10.3. The van der Waals surface area contributed by atoms with Gasteiger partial charge in [0.2, 0.25) is 5.75 Å². The topological polar surface area (TPSA) is 103 Å². The molecule has 20 heavy (non-hydrogen) atoms. The van der Waals surface area contributed by atoms with Gasteiger partial charge in [-0.05, 0) is 12.1 Å². The second-order valence-corrected chi connectivity index (χ2v) is 3.89. The number of ether oxygens (including phenoxy) is 2. The zero-order valence-corrected chi connectivity index (χ0v) is 10.6. The Labute approximate surface area is 112 Å². The van der Waals surface area contributed by atoms with Crippen molar-refractivity contribution in [3.63, 3.8) is 0 Å². The Balaban J connectivity index is 2.78. The Kier molecular flexibility index (Phi) is 3.43. The monoisotopic (exact) mass is 278 g/mol. The van der Waals surface area contributed by atoms with Gasteiger partial charge >= 0.3 is 17.6 Å². The molecular formula is C13H10O7. The van der Waals surface area contributed by atoms with Crippen LogP contribution < -0.4 is 15.1 Å². The summed E-state index contributed by atoms with van der Waals surface area (Å²) in [6.07, 6.45) is 0. The van der Waals surface area contributed by atoms with E-state index in [1.807, 2.05) is 0 Å². The van der Waals surface area contributed by atoms with E-state index in [1.165, 1.54) is 25.1 Å². The maximum absolute atomic E-state index is 11.5. The minimum Gasteiger partial charge on any atom is -0.499 e. The lowest BCUT2D eigenvalue weighted by atomic mass is 10.2. The lowest BCUT2D eigenvalue weighted by molar-refractivity contribution is -0.132. The van der Waals surface area contributed by atoms with Crippen LogP contribution in [0.25, 0.3) is 11.0 Å². The standard InChI is InChI=1S/C13H10O7/c1-6(14)18-9-5-3-4-8-11(9)20-13(17)10(16)12(8)19-7(2)15/h3-5,16H,1-2H3. The molecule has 0 amide bonds. The number of benzene rings is 1. The van der Waals surface area contributed by atoms with E-state index in [4.69, 9.17) is 13.9 Å². The number of carbonyl (C=O) groups excluding carboxylic acids is 2. The van der Waals surface area contributed by atoms with Crippen LogP contribution in [0.3, 0.4) is 0 Å². The molecule has 0 aliphatic rings. The molecule has 1 aromatic heterocycles. The number of fused-ring (bicyclic) bond motifs is 1. The van der Waals surface area contributed by atoms with E-state index in [-0.39, 0.29) is 22.5 Å². The minimum absolute atomic E-state index is 0.0134. The molecule has 0 radical (unpaired) electrons. The van der Waals surface area contributed by atoms with Crippen molar-refractivity contribution >= 4 is 22.9 Å². The molecule has 0 spiro atoms. The summed E-state index contributed by atoms with van der Waals surface area (Å²) >= 11 is 0. The summed E-state index contributed by atoms with van der Waals surface area (Å²) in [4.78, 5) is 33.6. The molecule has 0 saturated heterocycles. The summed E-state index contributed by atoms with van der Waals surface area (Å²) in [5.41, 5.74) is -1.20. The average molecular weight is 278 g/mol. The third kappa shape index (κ3) is 2.46. The molecule has 0 fully saturated rings. The van der Waals surface area contributed by atoms with Crippen molar-refractivity contribution in [2.75, 3.05) is 0 Å². The van der Waals surface area contributed by atoms with Crippen LogP contribution >= 0.6 is 0 Å². The second kappa shape index (κ2) is 5.04. The molecule has 1 aromatic carbocycles. The van der Waals surface area contributed by atoms with Crippen molar-refractivity contribution in [2.45, 2.75) is 13.8 Å². The summed E-state index contributed by atoms with van der Waals surface area (Å²) in [5, 5.41) is 9.76. The van der Waals surface area contributed by atoms with Crippen molar-refractivity contribution in [1.82, 2.24) is 0 Å². The number of carbonyl (C=O) groups is 2. The lowest BCUT2D eigenvalue weighted by Gasteiger charge is -2.09. The fourth-order valence-electron chi connectivity index (χ4n) is 1.64. The number of para-hydroxylation sites is 1. The van der Waals surface area contributed by atoms with Crippen LogP contribution in [0.15, 0.2) is 27.4 Å². The number of rotatable bonds is 2. The van der Waals surface area contributed by atoms with Gasteiger partial charge in [-0.15, -0.1) is 0 Å². The molecule has 0 unspecified atom stereocenters. The highest BCUT2D eigenvalue weighted by Gasteiger charge is 2.19. The van der Waals surface area contributed by atoms with Gasteiger partial charge < -0.3 is 19.0 Å². The zero-order chi connectivity index (χ0) is 14.9. The fourth-order valence-corrected chi connectivity index (χ4v) is 1.64. The molecule has 0 saturated carbocycles. The highest BCUT2D eigenvalue weighted by Crippen LogP contribution is 2.36. The van der Waals surface area contributed by atoms with E-state index >= 15 is 0 Å². The third-order valence-electron chi connectivity index (χ3n) is 2.33. The quantitative estimate of drug-likeness (QED) is 0.502. The van der Waals surface area contributed by atoms with Crippen LogP contribution in [-0.2, 0) is 9.59 Å². The van der Waals surface area contributed by atoms with Crippen molar-refractivity contribution < 1.29 is 28.6 Å². The summed E-state index contributed by atoms with van der Waals surface area (Å²) < 4.78 is 14.6. The van der Waals surface area contributed by atoms with E-state index in [0.29, 0.717) is 0 Å². The van der Waals surface area contributed by atoms with Crippen molar-refractivity contribution in [3.05, 3.63) is 28.6 Å². The predicted molar refractivity (Wildman–Crippen MR) is 66.8 cm³/mol. The molecule has 7 heteroatoms. The summed E-state index contributed by atoms with van der Waals surface area (Å²) in [6, 6.07) is 4.34. The molecule has 0 bridgehead atoms. The highest BCUT2D eigenvalue weighted by atomic mass is 16.6. The van der Waals surface area contributed by atoms with Gasteiger partial charge in [0, 0.05) is 13.8 Å². The molecule has 104 valence electrons. The van der Waals surface area contributed by atoms with Crippen LogP contribution in [0, 0.1) is 0 Å². The van der Waals surface area contributed by atoms with Gasteiger partial charge in [0.1, 0.15) is 0 Å². The van der Waals surface area contributed by atoms with Gasteiger partial charge in [0.05, 0.1) is 5.39 Å². The zero-order valence-electron chi connectivity index (χ0n) is 10.6. The van der Waals surface area contributed by atoms with E-state index < -0.39 is 23.3 Å². The first kappa shape index (κ1) is 13.6. The lowest BCUT2D eigenvalue weighted by Crippen LogP contribution is -2.08. The molecule has 7 nitrogen and oxygen atoms in total. The van der Waals surface area contributed by atoms with Crippen molar-refractivity contribution in [3.8, 4) is 17.2 Å². The van der Waals surface area contributed by atoms with Crippen LogP contribution in [0.2, 0.25) is 0 Å². The largest absolute Gasteiger partial charge is 0.499 e. The molecule has 0 aliphatic carbocycles. The Morgan fingerprint density at radius 2 is 1.80 bits per heavy atom. The summed E-state index contributed by atoms with van der Waals surface area (Å²) in [5.74, 6) is -2.50. The third-order valence-corrected chi connectivity index (χ3v) is 2.33. The number of hydrogen-bond donors (Lipinski definition) is 1. The molecule has 0 aliphatic heterocycles. The first-order valence-corrected chi connectivity index (χ1v) is 5.55. The fraction of sp³-hybridized carbons (Fsp3) is 0.154. The van der Waals surface area contributed by atoms with E-state index in [0.717, 1.165) is 6.92 Å². The van der Waals surface area contributed by atoms with E-state index in [9.17, 15) is 19.5 Å². The molecule has 1 heterocycles. The van der Waals surface area contributed by atoms with Gasteiger partial charge in [-0.2, -0.15) is 0 Å². The summed E-state index contributed by atoms with van der Waals surface area (Å²) in [7, 11) is 0. The molecular weight excluding hydrogens is 268 g/mol. The molecule has 1 N–H and O–H groups in total. The maximum Gasteiger partial charge on any atom is 0.382 e. The van der Waals surface area contributed by atoms with Crippen LogP contribution in [0.4, 0.5) is 0 Å². The molecule has 0 atom stereocenters. The highest BCUT2D eigenvalue weighted by molar-refractivity contribution is 5.92. The minimum atomic E-state index is -1.10. The maximum atomic E-state index is 11.5. The predicted octanol–water partition coefficient (Wildman–Crippen LogP) is 1.35. The Morgan fingerprint density at radius 1 is 1.15 bits per heavy atom. The van der Waals surface area contributed by atoms with Gasteiger partial charge in [-0.25, -0.2) is 4.79 Å². The SMILES string of the molecule is CC(=O)Oc1c(O)c(=O)oc2c(OC(C)=O)cccc12. The Bertz CT molecular complexity index is 757. The molecule has 2 aromatic rings. The first-order chi connectivity index (χ1) is 9.40. The van der Waals surface area contributed by atoms with Crippen molar-refractivity contribution in [2.24, 2.45) is 0 Å². The van der Waals surface area contributed by atoms with Crippen LogP contribution in [0.5, 0.6) is 17.2 Å². The van der Waals surface area contributed by atoms with E-state index in [2.05, 4.69) is 0 Å². The molecule has 2 rings (SSSR count). The van der Waals surface area contributed by atoms with Gasteiger partial charge in [-0.1, -0.05) is 6.07 Å². The first-order valence-electron chi connectivity index (χ1n) is 5.55. The van der Waals surface area contributed by atoms with Crippen molar-refractivity contribution in [1.29, 1.82) is 0 Å². The smallest absolute Gasteiger partial charge is 0.382 e. The Hall–Kier alpha value is -2.83. The van der Waals surface area contributed by atoms with Gasteiger partial charge in [0.25, 0.3) is 0 Å². The van der Waals surface area contributed by atoms with Gasteiger partial charge in [0.15, 0.2) is 17.1 Å². The number of aromatic hydroxyl groups is 1. The number of hydrogen-bond acceptors (Lipinski definition) is 7. The van der Waals surface area contributed by atoms with Crippen LogP contribution in [0.1, 0.15) is 13.8 Å². The van der Waals surface area contributed by atoms with Crippen LogP contribution in [-0.4, -0.2) is 17.0 Å². The van der Waals surface area contributed by atoms with Gasteiger partial charge in [-0.3, -0.25) is 9.59 Å².